The lowest BCUT2D eigenvalue weighted by Gasteiger charge is -2.07. The third-order valence-corrected chi connectivity index (χ3v) is 6.27. The van der Waals surface area contributed by atoms with Gasteiger partial charge < -0.3 is 10.6 Å². The molecule has 1 saturated heterocycles. The van der Waals surface area contributed by atoms with Gasteiger partial charge in [-0.25, -0.2) is 4.99 Å². The highest BCUT2D eigenvalue weighted by atomic mass is 35.5. The van der Waals surface area contributed by atoms with Crippen molar-refractivity contribution in [2.24, 2.45) is 4.99 Å². The van der Waals surface area contributed by atoms with Crippen molar-refractivity contribution in [1.82, 2.24) is 10.3 Å². The lowest BCUT2D eigenvalue weighted by molar-refractivity contribution is -0.115. The maximum Gasteiger partial charge on any atom is 0.264 e. The number of amidine groups is 1. The Kier molecular flexibility index (Phi) is 6.12. The highest BCUT2D eigenvalue weighted by molar-refractivity contribution is 8.18. The molecule has 3 aromatic carbocycles. The molecule has 1 aliphatic rings. The molecular formula is C26H17ClN4O2S. The van der Waals surface area contributed by atoms with Crippen molar-refractivity contribution in [3.05, 3.63) is 106 Å². The minimum atomic E-state index is -0.236. The van der Waals surface area contributed by atoms with Gasteiger partial charge in [-0.2, -0.15) is 0 Å². The monoisotopic (exact) mass is 484 g/mol. The van der Waals surface area contributed by atoms with Crippen LogP contribution in [-0.4, -0.2) is 22.0 Å². The number of hydrogen-bond acceptors (Lipinski definition) is 5. The maximum absolute atomic E-state index is 12.5. The second-order valence-electron chi connectivity index (χ2n) is 7.42. The standard InChI is InChI=1S/C26H17ClN4O2S/c27-20-10-9-19(29-24(32)17-5-2-1-3-6-17)15-22(20)30-26-31-25(33)23(34-26)14-16-8-11-21-18(13-16)7-4-12-28-21/h1-15H,(H,29,32)(H,30,31,33). The third kappa shape index (κ3) is 4.85. The predicted octanol–water partition coefficient (Wildman–Crippen LogP) is 6.03. The van der Waals surface area contributed by atoms with Crippen LogP contribution in [0.3, 0.4) is 0 Å². The molecule has 1 aliphatic heterocycles. The van der Waals surface area contributed by atoms with Crippen molar-refractivity contribution in [3.8, 4) is 0 Å². The lowest BCUT2D eigenvalue weighted by Crippen LogP contribution is -2.19. The zero-order valence-electron chi connectivity index (χ0n) is 17.7. The minimum absolute atomic E-state index is 0.235. The van der Waals surface area contributed by atoms with Crippen LogP contribution in [-0.2, 0) is 4.79 Å². The zero-order chi connectivity index (χ0) is 23.5. The molecule has 0 spiro atoms. The summed E-state index contributed by atoms with van der Waals surface area (Å²) >= 11 is 7.55. The topological polar surface area (TPSA) is 83.5 Å². The van der Waals surface area contributed by atoms with Gasteiger partial charge in [0, 0.05) is 22.8 Å². The highest BCUT2D eigenvalue weighted by Gasteiger charge is 2.24. The lowest BCUT2D eigenvalue weighted by atomic mass is 10.1. The first-order valence-electron chi connectivity index (χ1n) is 10.4. The van der Waals surface area contributed by atoms with Crippen LogP contribution in [0, 0.1) is 0 Å². The Balaban J connectivity index is 1.36. The summed E-state index contributed by atoms with van der Waals surface area (Å²) in [6.45, 7) is 0. The number of hydrogen-bond donors (Lipinski definition) is 2. The van der Waals surface area contributed by atoms with Gasteiger partial charge in [0.15, 0.2) is 5.17 Å². The molecule has 0 radical (unpaired) electrons. The quantitative estimate of drug-likeness (QED) is 0.346. The number of nitrogens with zero attached hydrogens (tertiary/aromatic N) is 2. The van der Waals surface area contributed by atoms with E-state index in [1.54, 1.807) is 48.7 Å². The largest absolute Gasteiger partial charge is 0.322 e. The molecule has 0 bridgehead atoms. The molecule has 166 valence electrons. The number of carbonyl (C=O) groups excluding carboxylic acids is 2. The first kappa shape index (κ1) is 21.9. The van der Waals surface area contributed by atoms with E-state index >= 15 is 0 Å². The van der Waals surface area contributed by atoms with Crippen LogP contribution in [0.25, 0.3) is 17.0 Å². The van der Waals surface area contributed by atoms with E-state index in [0.29, 0.717) is 32.0 Å². The number of pyridine rings is 1. The molecule has 1 fully saturated rings. The van der Waals surface area contributed by atoms with Crippen molar-refractivity contribution < 1.29 is 9.59 Å². The molecule has 0 atom stereocenters. The summed E-state index contributed by atoms with van der Waals surface area (Å²) in [5.74, 6) is -0.472. The summed E-state index contributed by atoms with van der Waals surface area (Å²) in [6, 6.07) is 23.6. The number of fused-ring (bicyclic) bond motifs is 1. The van der Waals surface area contributed by atoms with E-state index in [9.17, 15) is 9.59 Å². The number of amides is 2. The molecule has 0 aliphatic carbocycles. The molecule has 2 N–H and O–H groups in total. The minimum Gasteiger partial charge on any atom is -0.322 e. The smallest absolute Gasteiger partial charge is 0.264 e. The Hall–Kier alpha value is -3.94. The SMILES string of the molecule is O=C1NC(=Nc2cc(NC(=O)c3ccccc3)ccc2Cl)SC1=Cc1ccc2ncccc2c1. The van der Waals surface area contributed by atoms with Gasteiger partial charge >= 0.3 is 0 Å². The van der Waals surface area contributed by atoms with E-state index in [1.807, 2.05) is 42.5 Å². The van der Waals surface area contributed by atoms with Gasteiger partial charge in [0.25, 0.3) is 11.8 Å². The fourth-order valence-corrected chi connectivity index (χ4v) is 4.39. The van der Waals surface area contributed by atoms with Crippen LogP contribution in [0.2, 0.25) is 5.02 Å². The first-order chi connectivity index (χ1) is 16.5. The number of carbonyl (C=O) groups is 2. The van der Waals surface area contributed by atoms with Crippen LogP contribution in [0.1, 0.15) is 15.9 Å². The molecule has 34 heavy (non-hydrogen) atoms. The summed E-state index contributed by atoms with van der Waals surface area (Å²) in [5.41, 5.74) is 3.32. The fourth-order valence-electron chi connectivity index (χ4n) is 3.39. The number of aliphatic imine (C=N–C) groups is 1. The van der Waals surface area contributed by atoms with E-state index in [1.165, 1.54) is 11.8 Å². The van der Waals surface area contributed by atoms with E-state index in [0.717, 1.165) is 16.5 Å². The van der Waals surface area contributed by atoms with E-state index in [-0.39, 0.29) is 11.8 Å². The second-order valence-corrected chi connectivity index (χ2v) is 8.86. The first-order valence-corrected chi connectivity index (χ1v) is 11.5. The predicted molar refractivity (Wildman–Crippen MR) is 138 cm³/mol. The summed E-state index contributed by atoms with van der Waals surface area (Å²) in [4.78, 5) is 34.3. The molecule has 8 heteroatoms. The molecule has 2 amide bonds. The molecule has 4 aromatic rings. The van der Waals surface area contributed by atoms with Gasteiger partial charge in [-0.15, -0.1) is 0 Å². The van der Waals surface area contributed by atoms with Gasteiger partial charge in [-0.05, 0) is 71.9 Å². The Morgan fingerprint density at radius 1 is 1.03 bits per heavy atom. The molecule has 5 rings (SSSR count). The Morgan fingerprint density at radius 3 is 2.74 bits per heavy atom. The molecule has 0 unspecified atom stereocenters. The van der Waals surface area contributed by atoms with Crippen LogP contribution in [0.4, 0.5) is 11.4 Å². The number of rotatable bonds is 4. The van der Waals surface area contributed by atoms with Crippen LogP contribution in [0.15, 0.2) is 95.0 Å². The summed E-state index contributed by atoms with van der Waals surface area (Å²) in [6.07, 6.45) is 3.56. The second kappa shape index (κ2) is 9.51. The Morgan fingerprint density at radius 2 is 1.88 bits per heavy atom. The van der Waals surface area contributed by atoms with E-state index in [2.05, 4.69) is 20.6 Å². The Labute approximate surface area is 204 Å². The zero-order valence-corrected chi connectivity index (χ0v) is 19.2. The van der Waals surface area contributed by atoms with Crippen molar-refractivity contribution in [1.29, 1.82) is 0 Å². The van der Waals surface area contributed by atoms with Crippen molar-refractivity contribution in [2.75, 3.05) is 5.32 Å². The molecule has 1 aromatic heterocycles. The van der Waals surface area contributed by atoms with Gasteiger partial charge in [-0.3, -0.25) is 14.6 Å². The number of halogens is 1. The van der Waals surface area contributed by atoms with Gasteiger partial charge in [0.1, 0.15) is 0 Å². The van der Waals surface area contributed by atoms with Crippen molar-refractivity contribution in [3.63, 3.8) is 0 Å². The van der Waals surface area contributed by atoms with Gasteiger partial charge in [0.2, 0.25) is 0 Å². The number of aromatic nitrogens is 1. The van der Waals surface area contributed by atoms with Crippen LogP contribution < -0.4 is 10.6 Å². The average molecular weight is 485 g/mol. The highest BCUT2D eigenvalue weighted by Crippen LogP contribution is 2.33. The molecular weight excluding hydrogens is 468 g/mol. The Bertz CT molecular complexity index is 1480. The summed E-state index contributed by atoms with van der Waals surface area (Å²) < 4.78 is 0. The maximum atomic E-state index is 12.5. The van der Waals surface area contributed by atoms with E-state index < -0.39 is 0 Å². The van der Waals surface area contributed by atoms with Gasteiger partial charge in [-0.1, -0.05) is 41.9 Å². The van der Waals surface area contributed by atoms with Crippen molar-refractivity contribution in [2.45, 2.75) is 0 Å². The van der Waals surface area contributed by atoms with Crippen LogP contribution in [0.5, 0.6) is 0 Å². The van der Waals surface area contributed by atoms with Crippen LogP contribution >= 0.6 is 23.4 Å². The van der Waals surface area contributed by atoms with E-state index in [4.69, 9.17) is 11.6 Å². The normalized spacial score (nSPS) is 15.6. The molecule has 0 saturated carbocycles. The summed E-state index contributed by atoms with van der Waals surface area (Å²) in [5, 5.41) is 7.42. The number of thioether (sulfide) groups is 1. The average Bonchev–Trinajstić information content (AvgIpc) is 3.20. The van der Waals surface area contributed by atoms with Gasteiger partial charge in [0.05, 0.1) is 21.1 Å². The van der Waals surface area contributed by atoms with Crippen molar-refractivity contribution >= 4 is 68.7 Å². The third-order valence-electron chi connectivity index (χ3n) is 5.04. The molecule has 6 nitrogen and oxygen atoms in total. The summed E-state index contributed by atoms with van der Waals surface area (Å²) in [7, 11) is 0. The fraction of sp³-hybridized carbons (Fsp3) is 0. The number of anilines is 1. The number of benzene rings is 3. The molecule has 2 heterocycles. The number of nitrogens with one attached hydrogen (secondary N) is 2.